The van der Waals surface area contributed by atoms with Crippen LogP contribution in [0.3, 0.4) is 0 Å². The molecule has 2 atom stereocenters. The van der Waals surface area contributed by atoms with Crippen LogP contribution < -0.4 is 9.80 Å². The molecule has 1 aromatic rings. The summed E-state index contributed by atoms with van der Waals surface area (Å²) in [6, 6.07) is 7.64. The average molecular weight is 360 g/mol. The molecule has 0 aliphatic carbocycles. The third-order valence-corrected chi connectivity index (χ3v) is 4.82. The molecular formula is C20H28N2O4. The van der Waals surface area contributed by atoms with E-state index in [1.807, 2.05) is 24.3 Å². The van der Waals surface area contributed by atoms with Gasteiger partial charge in [-0.3, -0.25) is 9.80 Å². The predicted molar refractivity (Wildman–Crippen MR) is 101 cm³/mol. The Kier molecular flexibility index (Phi) is 5.39. The number of carbonyl (C=O) groups excluding carboxylic acids is 2. The van der Waals surface area contributed by atoms with Crippen molar-refractivity contribution in [2.24, 2.45) is 11.8 Å². The summed E-state index contributed by atoms with van der Waals surface area (Å²) in [7, 11) is 0. The van der Waals surface area contributed by atoms with Gasteiger partial charge in [-0.15, -0.1) is 0 Å². The first-order valence-electron chi connectivity index (χ1n) is 9.38. The van der Waals surface area contributed by atoms with E-state index in [0.717, 1.165) is 24.2 Å². The molecule has 0 saturated carbocycles. The SMILES string of the molecule is CC(C)CC1COC(=O)N1c1ccc(N2C(=O)OCC2CC(C)C)cc1. The molecule has 0 aromatic heterocycles. The van der Waals surface area contributed by atoms with Crippen LogP contribution in [-0.4, -0.2) is 37.5 Å². The fourth-order valence-electron chi connectivity index (χ4n) is 3.76. The fraction of sp³-hybridized carbons (Fsp3) is 0.600. The molecule has 2 heterocycles. The van der Waals surface area contributed by atoms with E-state index in [2.05, 4.69) is 27.7 Å². The van der Waals surface area contributed by atoms with Gasteiger partial charge in [0.1, 0.15) is 13.2 Å². The molecule has 6 heteroatoms. The zero-order chi connectivity index (χ0) is 18.8. The molecule has 2 saturated heterocycles. The van der Waals surface area contributed by atoms with Crippen molar-refractivity contribution in [1.82, 2.24) is 0 Å². The highest BCUT2D eigenvalue weighted by atomic mass is 16.6. The number of carbonyl (C=O) groups is 2. The molecule has 2 fully saturated rings. The Morgan fingerprint density at radius 2 is 1.15 bits per heavy atom. The Bertz CT molecular complexity index is 599. The number of anilines is 2. The van der Waals surface area contributed by atoms with Crippen LogP contribution in [0.4, 0.5) is 21.0 Å². The van der Waals surface area contributed by atoms with Crippen LogP contribution in [0, 0.1) is 11.8 Å². The number of nitrogens with zero attached hydrogens (tertiary/aromatic N) is 2. The maximum Gasteiger partial charge on any atom is 0.414 e. The van der Waals surface area contributed by atoms with Crippen molar-refractivity contribution in [1.29, 1.82) is 0 Å². The van der Waals surface area contributed by atoms with Crippen LogP contribution in [0.15, 0.2) is 24.3 Å². The first-order valence-corrected chi connectivity index (χ1v) is 9.38. The Morgan fingerprint density at radius 1 is 0.808 bits per heavy atom. The summed E-state index contributed by atoms with van der Waals surface area (Å²) in [6.07, 6.45) is 1.17. The van der Waals surface area contributed by atoms with Crippen molar-refractivity contribution in [3.63, 3.8) is 0 Å². The molecule has 3 rings (SSSR count). The van der Waals surface area contributed by atoms with Crippen LogP contribution >= 0.6 is 0 Å². The number of ether oxygens (including phenoxy) is 2. The molecule has 2 aliphatic heterocycles. The van der Waals surface area contributed by atoms with E-state index in [9.17, 15) is 9.59 Å². The van der Waals surface area contributed by atoms with E-state index in [4.69, 9.17) is 9.47 Å². The third-order valence-electron chi connectivity index (χ3n) is 4.82. The topological polar surface area (TPSA) is 59.1 Å². The van der Waals surface area contributed by atoms with Gasteiger partial charge in [-0.25, -0.2) is 9.59 Å². The van der Waals surface area contributed by atoms with Crippen molar-refractivity contribution in [3.05, 3.63) is 24.3 Å². The Balaban J connectivity index is 1.79. The second-order valence-electron chi connectivity index (χ2n) is 7.98. The zero-order valence-electron chi connectivity index (χ0n) is 16.0. The molecule has 26 heavy (non-hydrogen) atoms. The van der Waals surface area contributed by atoms with E-state index in [1.54, 1.807) is 9.80 Å². The maximum atomic E-state index is 12.2. The Morgan fingerprint density at radius 3 is 1.46 bits per heavy atom. The largest absolute Gasteiger partial charge is 0.447 e. The maximum absolute atomic E-state index is 12.2. The highest BCUT2D eigenvalue weighted by molar-refractivity contribution is 5.93. The third kappa shape index (κ3) is 3.79. The van der Waals surface area contributed by atoms with Gasteiger partial charge in [0.2, 0.25) is 0 Å². The summed E-state index contributed by atoms with van der Waals surface area (Å²) in [5.41, 5.74) is 1.60. The van der Waals surface area contributed by atoms with E-state index in [0.29, 0.717) is 25.0 Å². The molecule has 0 bridgehead atoms. The lowest BCUT2D eigenvalue weighted by atomic mass is 10.0. The summed E-state index contributed by atoms with van der Waals surface area (Å²) >= 11 is 0. The normalized spacial score (nSPS) is 23.2. The summed E-state index contributed by atoms with van der Waals surface area (Å²) in [5.74, 6) is 0.958. The molecule has 1 aromatic carbocycles. The molecule has 0 radical (unpaired) electrons. The van der Waals surface area contributed by atoms with Crippen LogP contribution in [-0.2, 0) is 9.47 Å². The van der Waals surface area contributed by atoms with Gasteiger partial charge in [-0.05, 0) is 48.9 Å². The number of hydrogen-bond acceptors (Lipinski definition) is 4. The summed E-state index contributed by atoms with van der Waals surface area (Å²) < 4.78 is 10.5. The quantitative estimate of drug-likeness (QED) is 0.753. The van der Waals surface area contributed by atoms with E-state index in [-0.39, 0.29) is 24.3 Å². The summed E-state index contributed by atoms with van der Waals surface area (Å²) in [6.45, 7) is 9.40. The lowest BCUT2D eigenvalue weighted by molar-refractivity contribution is 0.177. The van der Waals surface area contributed by atoms with E-state index in [1.165, 1.54) is 0 Å². The van der Waals surface area contributed by atoms with Gasteiger partial charge < -0.3 is 9.47 Å². The van der Waals surface area contributed by atoms with Crippen molar-refractivity contribution >= 4 is 23.6 Å². The summed E-state index contributed by atoms with van der Waals surface area (Å²) in [4.78, 5) is 27.7. The van der Waals surface area contributed by atoms with Crippen LogP contribution in [0.5, 0.6) is 0 Å². The zero-order valence-corrected chi connectivity index (χ0v) is 16.0. The minimum absolute atomic E-state index is 0.0544. The van der Waals surface area contributed by atoms with Gasteiger partial charge >= 0.3 is 12.2 Å². The van der Waals surface area contributed by atoms with Crippen LogP contribution in [0.25, 0.3) is 0 Å². The molecule has 6 nitrogen and oxygen atoms in total. The van der Waals surface area contributed by atoms with Crippen molar-refractivity contribution in [2.45, 2.75) is 52.6 Å². The first kappa shape index (κ1) is 18.5. The van der Waals surface area contributed by atoms with Crippen LogP contribution in [0.1, 0.15) is 40.5 Å². The first-order chi connectivity index (χ1) is 12.4. The number of rotatable bonds is 6. The molecule has 0 spiro atoms. The molecular weight excluding hydrogens is 332 g/mol. The molecule has 2 amide bonds. The standard InChI is InChI=1S/C20H28N2O4/c1-13(2)9-17-11-25-19(23)21(17)15-5-7-16(8-6-15)22-18(10-14(3)4)12-26-20(22)24/h5-8,13-14,17-18H,9-12H2,1-4H3. The van der Waals surface area contributed by atoms with Gasteiger partial charge in [0, 0.05) is 11.4 Å². The minimum atomic E-state index is -0.304. The van der Waals surface area contributed by atoms with E-state index >= 15 is 0 Å². The highest BCUT2D eigenvalue weighted by Gasteiger charge is 2.36. The van der Waals surface area contributed by atoms with Gasteiger partial charge in [-0.1, -0.05) is 27.7 Å². The number of hydrogen-bond donors (Lipinski definition) is 0. The van der Waals surface area contributed by atoms with Gasteiger partial charge in [0.25, 0.3) is 0 Å². The molecule has 2 unspecified atom stereocenters. The predicted octanol–water partition coefficient (Wildman–Crippen LogP) is 4.43. The smallest absolute Gasteiger partial charge is 0.414 e. The second kappa shape index (κ2) is 7.56. The highest BCUT2D eigenvalue weighted by Crippen LogP contribution is 2.31. The van der Waals surface area contributed by atoms with Gasteiger partial charge in [-0.2, -0.15) is 0 Å². The monoisotopic (exact) mass is 360 g/mol. The fourth-order valence-corrected chi connectivity index (χ4v) is 3.76. The lowest BCUT2D eigenvalue weighted by Gasteiger charge is -2.25. The summed E-state index contributed by atoms with van der Waals surface area (Å²) in [5, 5.41) is 0. The molecule has 0 N–H and O–H groups in total. The van der Waals surface area contributed by atoms with Crippen molar-refractivity contribution < 1.29 is 19.1 Å². The van der Waals surface area contributed by atoms with Crippen LogP contribution in [0.2, 0.25) is 0 Å². The number of benzene rings is 1. The van der Waals surface area contributed by atoms with Gasteiger partial charge in [0.15, 0.2) is 0 Å². The Labute approximate surface area is 155 Å². The number of amides is 2. The van der Waals surface area contributed by atoms with Gasteiger partial charge in [0.05, 0.1) is 12.1 Å². The lowest BCUT2D eigenvalue weighted by Crippen LogP contribution is -2.35. The Hall–Kier alpha value is -2.24. The number of cyclic esters (lactones) is 2. The minimum Gasteiger partial charge on any atom is -0.447 e. The molecule has 142 valence electrons. The average Bonchev–Trinajstić information content (AvgIpc) is 3.10. The second-order valence-corrected chi connectivity index (χ2v) is 7.98. The molecule has 2 aliphatic rings. The van der Waals surface area contributed by atoms with E-state index < -0.39 is 0 Å². The van der Waals surface area contributed by atoms with Crippen molar-refractivity contribution in [2.75, 3.05) is 23.0 Å². The van der Waals surface area contributed by atoms with Crippen molar-refractivity contribution in [3.8, 4) is 0 Å².